The Bertz CT molecular complexity index is 700. The zero-order valence-corrected chi connectivity index (χ0v) is 17.7. The fourth-order valence-corrected chi connectivity index (χ4v) is 4.47. The zero-order chi connectivity index (χ0) is 21.0. The minimum Gasteiger partial charge on any atom is -0.453 e. The smallest absolute Gasteiger partial charge is 0.359 e. The normalized spacial score (nSPS) is 11.7. The second-order valence-corrected chi connectivity index (χ2v) is 9.98. The van der Waals surface area contributed by atoms with Crippen LogP contribution in [0, 0.1) is 0 Å². The molecule has 0 heterocycles. The van der Waals surface area contributed by atoms with Gasteiger partial charge in [-0.3, -0.25) is 0 Å². The van der Waals surface area contributed by atoms with Crippen molar-refractivity contribution in [3.05, 3.63) is 71.8 Å². The van der Waals surface area contributed by atoms with Gasteiger partial charge >= 0.3 is 10.6 Å². The van der Waals surface area contributed by atoms with E-state index >= 15 is 0 Å². The van der Waals surface area contributed by atoms with Gasteiger partial charge in [0.15, 0.2) is 0 Å². The molecule has 0 radical (unpaired) electrons. The first kappa shape index (κ1) is 22.9. The molecule has 0 bridgehead atoms. The van der Waals surface area contributed by atoms with Crippen LogP contribution in [0.25, 0.3) is 0 Å². The Morgan fingerprint density at radius 3 is 1.79 bits per heavy atom. The van der Waals surface area contributed by atoms with Gasteiger partial charge in [-0.05, 0) is 46.1 Å². The highest BCUT2D eigenvalue weighted by Gasteiger charge is 2.38. The molecule has 0 unspecified atom stereocenters. The first-order valence-electron chi connectivity index (χ1n) is 9.64. The van der Waals surface area contributed by atoms with Gasteiger partial charge in [0.25, 0.3) is 0 Å². The Morgan fingerprint density at radius 1 is 0.862 bits per heavy atom. The summed E-state index contributed by atoms with van der Waals surface area (Å²) in [6.45, 7) is 2.20. The molecule has 3 N–H and O–H groups in total. The van der Waals surface area contributed by atoms with E-state index in [0.717, 1.165) is 11.1 Å². The molecule has 0 aliphatic heterocycles. The number of benzene rings is 2. The summed E-state index contributed by atoms with van der Waals surface area (Å²) in [5.41, 5.74) is 7.24. The van der Waals surface area contributed by atoms with E-state index in [2.05, 4.69) is 5.32 Å². The van der Waals surface area contributed by atoms with Crippen LogP contribution >= 0.6 is 10.0 Å². The Hall–Kier alpha value is -2.35. The van der Waals surface area contributed by atoms with E-state index < -0.39 is 20.6 Å². The number of hydrogen-bond donors (Lipinski definition) is 2. The van der Waals surface area contributed by atoms with E-state index in [0.29, 0.717) is 31.8 Å². The van der Waals surface area contributed by atoms with Gasteiger partial charge in [-0.2, -0.15) is 0 Å². The summed E-state index contributed by atoms with van der Waals surface area (Å²) >= 11 is 0. The van der Waals surface area contributed by atoms with E-state index in [1.807, 2.05) is 60.7 Å². The molecule has 2 rings (SSSR count). The summed E-state index contributed by atoms with van der Waals surface area (Å²) in [6, 6.07) is 18.8. The molecular weight excluding hydrogens is 388 g/mol. The highest BCUT2D eigenvalue weighted by atomic mass is 32.3. The third-order valence-corrected chi connectivity index (χ3v) is 7.17. The molecule has 0 aromatic heterocycles. The summed E-state index contributed by atoms with van der Waals surface area (Å²) in [5.74, 6) is 0.409. The number of ether oxygens (including phenoxy) is 2. The Morgan fingerprint density at radius 2 is 1.34 bits per heavy atom. The third kappa shape index (κ3) is 7.53. The largest absolute Gasteiger partial charge is 0.453 e. The van der Waals surface area contributed by atoms with Crippen LogP contribution < -0.4 is 11.1 Å². The van der Waals surface area contributed by atoms with E-state index in [1.165, 1.54) is 0 Å². The molecule has 0 saturated heterocycles. The monoisotopic (exact) mass is 418 g/mol. The first-order chi connectivity index (χ1) is 14.1. The first-order valence-corrected chi connectivity index (χ1v) is 11.9. The summed E-state index contributed by atoms with van der Waals surface area (Å²) in [5, 5.41) is 2.21. The number of hydrogen-bond acceptors (Lipinski definition) is 6. The van der Waals surface area contributed by atoms with Gasteiger partial charge in [-0.15, -0.1) is 0 Å². The summed E-state index contributed by atoms with van der Waals surface area (Å²) in [7, 11) is -2.42. The molecule has 0 amide bonds. The standard InChI is InChI=1S/C22H30N2O4S/c1-29(16-8-14-24-15-13-23,21(25)27-17-19-9-4-2-5-10-19)22(26)28-18-20-11-6-3-7-12-20/h2-7,9-12,24H,8,13-18,23H2,1H3. The maximum Gasteiger partial charge on any atom is 0.359 e. The zero-order valence-electron chi connectivity index (χ0n) is 16.8. The number of nitrogens with one attached hydrogen (secondary N) is 1. The number of rotatable bonds is 10. The van der Waals surface area contributed by atoms with Crippen molar-refractivity contribution in [2.24, 2.45) is 5.73 Å². The van der Waals surface area contributed by atoms with Gasteiger partial charge in [0, 0.05) is 13.1 Å². The van der Waals surface area contributed by atoms with Crippen LogP contribution in [0.15, 0.2) is 60.7 Å². The quantitative estimate of drug-likeness (QED) is 0.447. The number of nitrogens with two attached hydrogens (primary N) is 1. The van der Waals surface area contributed by atoms with Gasteiger partial charge in [-0.25, -0.2) is 9.59 Å². The Kier molecular flexibility index (Phi) is 9.70. The van der Waals surface area contributed by atoms with Crippen molar-refractivity contribution in [3.8, 4) is 0 Å². The summed E-state index contributed by atoms with van der Waals surface area (Å²) in [6.07, 6.45) is 2.34. The SMILES string of the molecule is CS(CCCNCCN)(C(=O)OCc1ccccc1)C(=O)OCc1ccccc1. The summed E-state index contributed by atoms with van der Waals surface area (Å²) < 4.78 is 11.0. The predicted molar refractivity (Wildman–Crippen MR) is 118 cm³/mol. The van der Waals surface area contributed by atoms with Crippen molar-refractivity contribution >= 4 is 20.6 Å². The van der Waals surface area contributed by atoms with Gasteiger partial charge in [0.05, 0.1) is 0 Å². The van der Waals surface area contributed by atoms with Gasteiger partial charge in [-0.1, -0.05) is 60.7 Å². The lowest BCUT2D eigenvalue weighted by molar-refractivity contribution is 0.160. The lowest BCUT2D eigenvalue weighted by Gasteiger charge is -2.30. The second-order valence-electron chi connectivity index (χ2n) is 6.73. The molecule has 6 nitrogen and oxygen atoms in total. The maximum atomic E-state index is 12.9. The average Bonchev–Trinajstić information content (AvgIpc) is 2.76. The van der Waals surface area contributed by atoms with Crippen LogP contribution in [0.1, 0.15) is 17.5 Å². The van der Waals surface area contributed by atoms with Crippen molar-refractivity contribution in [1.82, 2.24) is 5.32 Å². The van der Waals surface area contributed by atoms with Gasteiger partial charge in [0.2, 0.25) is 0 Å². The molecule has 2 aromatic rings. The highest BCUT2D eigenvalue weighted by molar-refractivity contribution is 8.54. The molecule has 0 saturated carbocycles. The van der Waals surface area contributed by atoms with Crippen LogP contribution in [0.5, 0.6) is 0 Å². The third-order valence-electron chi connectivity index (χ3n) is 4.36. The highest BCUT2D eigenvalue weighted by Crippen LogP contribution is 2.49. The minimum absolute atomic E-state index is 0.139. The van der Waals surface area contributed by atoms with Crippen LogP contribution in [0.3, 0.4) is 0 Å². The molecule has 7 heteroatoms. The van der Waals surface area contributed by atoms with Crippen LogP contribution in [0.4, 0.5) is 9.59 Å². The fourth-order valence-electron chi connectivity index (χ4n) is 2.64. The fraction of sp³-hybridized carbons (Fsp3) is 0.364. The average molecular weight is 419 g/mol. The lowest BCUT2D eigenvalue weighted by Crippen LogP contribution is -2.28. The van der Waals surface area contributed by atoms with Crippen molar-refractivity contribution in [1.29, 1.82) is 0 Å². The van der Waals surface area contributed by atoms with Gasteiger partial charge in [0.1, 0.15) is 13.2 Å². The van der Waals surface area contributed by atoms with Crippen molar-refractivity contribution < 1.29 is 19.1 Å². The Balaban J connectivity index is 2.00. The van der Waals surface area contributed by atoms with Gasteiger partial charge < -0.3 is 20.5 Å². The van der Waals surface area contributed by atoms with Crippen molar-refractivity contribution in [2.75, 3.05) is 31.6 Å². The maximum absolute atomic E-state index is 12.9. The topological polar surface area (TPSA) is 90.6 Å². The van der Waals surface area contributed by atoms with Crippen LogP contribution in [-0.2, 0) is 22.7 Å². The molecule has 29 heavy (non-hydrogen) atoms. The molecule has 0 spiro atoms. The van der Waals surface area contributed by atoms with Crippen LogP contribution in [0.2, 0.25) is 0 Å². The molecule has 0 aliphatic rings. The summed E-state index contributed by atoms with van der Waals surface area (Å²) in [4.78, 5) is 25.8. The predicted octanol–water partition coefficient (Wildman–Crippen LogP) is 4.03. The molecule has 0 aliphatic carbocycles. The van der Waals surface area contributed by atoms with E-state index in [1.54, 1.807) is 6.26 Å². The number of carbonyl (C=O) groups is 2. The molecular formula is C22H30N2O4S. The minimum atomic E-state index is -2.42. The molecule has 0 fully saturated rings. The second kappa shape index (κ2) is 12.3. The molecule has 158 valence electrons. The molecule has 2 aromatic carbocycles. The van der Waals surface area contributed by atoms with Crippen LogP contribution in [-0.4, -0.2) is 42.2 Å². The van der Waals surface area contributed by atoms with Crippen molar-refractivity contribution in [2.45, 2.75) is 19.6 Å². The lowest BCUT2D eigenvalue weighted by atomic mass is 10.2. The Labute approximate surface area is 174 Å². The van der Waals surface area contributed by atoms with E-state index in [9.17, 15) is 9.59 Å². The van der Waals surface area contributed by atoms with Crippen molar-refractivity contribution in [3.63, 3.8) is 0 Å². The van der Waals surface area contributed by atoms with E-state index in [4.69, 9.17) is 15.2 Å². The van der Waals surface area contributed by atoms with E-state index in [-0.39, 0.29) is 13.2 Å². The molecule has 0 atom stereocenters. The number of carbonyl (C=O) groups excluding carboxylic acids is 2.